The standard InChI is InChI=1S/C21H23N3O5S/c1-27-16-4-2-3-15(10-16)24-12-18(29-21(24)26)11-23-20(25)14-5-7-22-19(9-14)28-17-6-8-30-13-17/h2-5,7,9-10,17-18H,6,8,11-13H2,1H3,(H,23,25). The van der Waals surface area contributed by atoms with Crippen molar-refractivity contribution in [3.63, 3.8) is 0 Å². The third kappa shape index (κ3) is 4.79. The van der Waals surface area contributed by atoms with Crippen molar-refractivity contribution in [3.8, 4) is 11.6 Å². The molecule has 2 fully saturated rings. The minimum atomic E-state index is -0.448. The summed E-state index contributed by atoms with van der Waals surface area (Å²) >= 11 is 1.85. The molecular formula is C21H23N3O5S. The van der Waals surface area contributed by atoms with Crippen LogP contribution >= 0.6 is 11.8 Å². The number of thioether (sulfide) groups is 1. The summed E-state index contributed by atoms with van der Waals surface area (Å²) in [6.45, 7) is 0.555. The number of rotatable bonds is 7. The monoisotopic (exact) mass is 429 g/mol. The molecule has 1 aromatic heterocycles. The fourth-order valence-electron chi connectivity index (χ4n) is 3.32. The molecule has 158 valence electrons. The number of carbonyl (C=O) groups is 2. The number of aromatic nitrogens is 1. The average Bonchev–Trinajstić information content (AvgIpc) is 3.41. The van der Waals surface area contributed by atoms with E-state index in [1.54, 1.807) is 37.6 Å². The van der Waals surface area contributed by atoms with Crippen molar-refractivity contribution < 1.29 is 23.8 Å². The first-order valence-electron chi connectivity index (χ1n) is 9.73. The summed E-state index contributed by atoms with van der Waals surface area (Å²) < 4.78 is 16.4. The number of nitrogens with zero attached hydrogens (tertiary/aromatic N) is 2. The summed E-state index contributed by atoms with van der Waals surface area (Å²) in [7, 11) is 1.57. The number of amides is 2. The van der Waals surface area contributed by atoms with E-state index < -0.39 is 12.2 Å². The largest absolute Gasteiger partial charge is 0.497 e. The van der Waals surface area contributed by atoms with Crippen molar-refractivity contribution in [2.45, 2.75) is 18.6 Å². The molecule has 0 aliphatic carbocycles. The van der Waals surface area contributed by atoms with E-state index in [4.69, 9.17) is 14.2 Å². The number of benzene rings is 1. The highest BCUT2D eigenvalue weighted by atomic mass is 32.2. The van der Waals surface area contributed by atoms with Gasteiger partial charge in [-0.05, 0) is 30.4 Å². The van der Waals surface area contributed by atoms with Gasteiger partial charge in [0.25, 0.3) is 5.91 Å². The normalized spacial score (nSPS) is 20.7. The van der Waals surface area contributed by atoms with Crippen molar-refractivity contribution in [1.82, 2.24) is 10.3 Å². The Balaban J connectivity index is 1.32. The van der Waals surface area contributed by atoms with Gasteiger partial charge in [-0.15, -0.1) is 0 Å². The van der Waals surface area contributed by atoms with E-state index in [1.807, 2.05) is 23.9 Å². The van der Waals surface area contributed by atoms with E-state index in [9.17, 15) is 9.59 Å². The van der Waals surface area contributed by atoms with Crippen LogP contribution in [0, 0.1) is 0 Å². The van der Waals surface area contributed by atoms with Crippen LogP contribution in [0.25, 0.3) is 0 Å². The van der Waals surface area contributed by atoms with Crippen LogP contribution in [0.15, 0.2) is 42.6 Å². The highest BCUT2D eigenvalue weighted by molar-refractivity contribution is 7.99. The highest BCUT2D eigenvalue weighted by Crippen LogP contribution is 2.25. The summed E-state index contributed by atoms with van der Waals surface area (Å²) in [6, 6.07) is 10.5. The Morgan fingerprint density at radius 1 is 1.37 bits per heavy atom. The maximum Gasteiger partial charge on any atom is 0.414 e. The minimum Gasteiger partial charge on any atom is -0.497 e. The molecule has 30 heavy (non-hydrogen) atoms. The number of cyclic esters (lactones) is 1. The van der Waals surface area contributed by atoms with Crippen LogP contribution in [0.3, 0.4) is 0 Å². The molecule has 2 atom stereocenters. The molecule has 4 rings (SSSR count). The first-order chi connectivity index (χ1) is 14.6. The van der Waals surface area contributed by atoms with Gasteiger partial charge >= 0.3 is 6.09 Å². The zero-order chi connectivity index (χ0) is 20.9. The quantitative estimate of drug-likeness (QED) is 0.724. The molecule has 9 heteroatoms. The molecule has 2 unspecified atom stereocenters. The first kappa shape index (κ1) is 20.3. The van der Waals surface area contributed by atoms with Crippen LogP contribution in [-0.2, 0) is 4.74 Å². The molecule has 8 nitrogen and oxygen atoms in total. The van der Waals surface area contributed by atoms with E-state index >= 15 is 0 Å². The molecule has 0 radical (unpaired) electrons. The van der Waals surface area contributed by atoms with E-state index in [-0.39, 0.29) is 18.6 Å². The minimum absolute atomic E-state index is 0.140. The molecule has 0 spiro atoms. The average molecular weight is 429 g/mol. The second-order valence-corrected chi connectivity index (χ2v) is 8.16. The third-order valence-corrected chi connectivity index (χ3v) is 6.03. The Bertz CT molecular complexity index is 919. The zero-order valence-corrected chi connectivity index (χ0v) is 17.4. The maximum atomic E-state index is 12.5. The van der Waals surface area contributed by atoms with Gasteiger partial charge in [0.2, 0.25) is 5.88 Å². The van der Waals surface area contributed by atoms with Crippen LogP contribution in [-0.4, -0.2) is 60.9 Å². The molecule has 2 amide bonds. The first-order valence-corrected chi connectivity index (χ1v) is 10.9. The van der Waals surface area contributed by atoms with Gasteiger partial charge in [-0.1, -0.05) is 6.07 Å². The smallest absolute Gasteiger partial charge is 0.414 e. The van der Waals surface area contributed by atoms with Gasteiger partial charge in [0.05, 0.1) is 25.9 Å². The van der Waals surface area contributed by atoms with Crippen LogP contribution in [0.4, 0.5) is 10.5 Å². The van der Waals surface area contributed by atoms with Crippen molar-refractivity contribution in [2.24, 2.45) is 0 Å². The molecule has 1 aromatic carbocycles. The summed E-state index contributed by atoms with van der Waals surface area (Å²) in [5.41, 5.74) is 1.15. The molecule has 2 aliphatic rings. The molecule has 1 N–H and O–H groups in total. The number of ether oxygens (including phenoxy) is 3. The van der Waals surface area contributed by atoms with Crippen LogP contribution < -0.4 is 19.7 Å². The number of methoxy groups -OCH3 is 1. The molecule has 2 aromatic rings. The van der Waals surface area contributed by atoms with Crippen LogP contribution in [0.2, 0.25) is 0 Å². The number of nitrogens with one attached hydrogen (secondary N) is 1. The Labute approximate surface area is 178 Å². The lowest BCUT2D eigenvalue weighted by Gasteiger charge is -2.14. The number of hydrogen-bond acceptors (Lipinski definition) is 7. The third-order valence-electron chi connectivity index (χ3n) is 4.90. The van der Waals surface area contributed by atoms with E-state index in [2.05, 4.69) is 10.3 Å². The van der Waals surface area contributed by atoms with E-state index in [0.29, 0.717) is 29.4 Å². The number of anilines is 1. The van der Waals surface area contributed by atoms with Gasteiger partial charge in [-0.3, -0.25) is 9.69 Å². The van der Waals surface area contributed by atoms with Gasteiger partial charge < -0.3 is 19.5 Å². The summed E-state index contributed by atoms with van der Waals surface area (Å²) in [5.74, 6) is 2.86. The van der Waals surface area contributed by atoms with E-state index in [1.165, 1.54) is 4.90 Å². The lowest BCUT2D eigenvalue weighted by Crippen LogP contribution is -2.34. The van der Waals surface area contributed by atoms with Gasteiger partial charge in [0, 0.05) is 29.6 Å². The van der Waals surface area contributed by atoms with Crippen LogP contribution in [0.1, 0.15) is 16.8 Å². The molecule has 0 saturated carbocycles. The molecule has 2 aliphatic heterocycles. The lowest BCUT2D eigenvalue weighted by molar-refractivity contribution is 0.0915. The predicted octanol–water partition coefficient (Wildman–Crippen LogP) is 2.73. The number of pyridine rings is 1. The summed E-state index contributed by atoms with van der Waals surface area (Å²) in [6.07, 6.45) is 1.80. The molecular weight excluding hydrogens is 406 g/mol. The van der Waals surface area contributed by atoms with Crippen molar-refractivity contribution >= 4 is 29.4 Å². The van der Waals surface area contributed by atoms with Crippen LogP contribution in [0.5, 0.6) is 11.6 Å². The summed E-state index contributed by atoms with van der Waals surface area (Å²) in [5, 5.41) is 2.82. The van der Waals surface area contributed by atoms with Gasteiger partial charge in [-0.2, -0.15) is 11.8 Å². The Kier molecular flexibility index (Phi) is 6.27. The highest BCUT2D eigenvalue weighted by Gasteiger charge is 2.32. The van der Waals surface area contributed by atoms with Gasteiger partial charge in [0.15, 0.2) is 0 Å². The zero-order valence-electron chi connectivity index (χ0n) is 16.6. The Morgan fingerprint density at radius 3 is 3.07 bits per heavy atom. The second-order valence-electron chi connectivity index (χ2n) is 7.01. The lowest BCUT2D eigenvalue weighted by atomic mass is 10.2. The van der Waals surface area contributed by atoms with Crippen molar-refractivity contribution in [2.75, 3.05) is 36.6 Å². The van der Waals surface area contributed by atoms with Crippen molar-refractivity contribution in [3.05, 3.63) is 48.2 Å². The second kappa shape index (κ2) is 9.25. The topological polar surface area (TPSA) is 90.0 Å². The molecule has 3 heterocycles. The number of hydrogen-bond donors (Lipinski definition) is 1. The summed E-state index contributed by atoms with van der Waals surface area (Å²) in [4.78, 5) is 30.5. The predicted molar refractivity (Wildman–Crippen MR) is 114 cm³/mol. The number of carbonyl (C=O) groups excluding carboxylic acids is 2. The van der Waals surface area contributed by atoms with Crippen molar-refractivity contribution in [1.29, 1.82) is 0 Å². The molecule has 0 bridgehead atoms. The van der Waals surface area contributed by atoms with Gasteiger partial charge in [-0.25, -0.2) is 9.78 Å². The SMILES string of the molecule is COc1cccc(N2CC(CNC(=O)c3ccnc(OC4CCSC4)c3)OC2=O)c1. The van der Waals surface area contributed by atoms with Gasteiger partial charge in [0.1, 0.15) is 18.0 Å². The maximum absolute atomic E-state index is 12.5. The molecule has 2 saturated heterocycles. The fraction of sp³-hybridized carbons (Fsp3) is 0.381. The van der Waals surface area contributed by atoms with E-state index in [0.717, 1.165) is 17.9 Å². The Morgan fingerprint density at radius 2 is 2.27 bits per heavy atom. The Hall–Kier alpha value is -2.94. The fourth-order valence-corrected chi connectivity index (χ4v) is 4.41.